The highest BCUT2D eigenvalue weighted by Crippen LogP contribution is 2.25. The number of benzene rings is 1. The number of carbonyl (C=O) groups is 2. The van der Waals surface area contributed by atoms with Gasteiger partial charge in [-0.1, -0.05) is 31.5 Å². The molecule has 1 unspecified atom stereocenters. The van der Waals surface area contributed by atoms with E-state index in [0.717, 1.165) is 31.5 Å². The average Bonchev–Trinajstić information content (AvgIpc) is 3.02. The first-order valence-corrected chi connectivity index (χ1v) is 9.48. The van der Waals surface area contributed by atoms with Crippen molar-refractivity contribution in [2.75, 3.05) is 24.7 Å². The summed E-state index contributed by atoms with van der Waals surface area (Å²) in [6.07, 6.45) is 1.88. The minimum Gasteiger partial charge on any atom is -0.341 e. The monoisotopic (exact) mass is 334 g/mol. The molecule has 0 aromatic heterocycles. The maximum atomic E-state index is 12.9. The van der Waals surface area contributed by atoms with Crippen molar-refractivity contribution in [2.24, 2.45) is 0 Å². The van der Waals surface area contributed by atoms with Crippen molar-refractivity contribution in [3.8, 4) is 0 Å². The molecule has 1 atom stereocenters. The molecule has 0 radical (unpaired) electrons. The fourth-order valence-electron chi connectivity index (χ4n) is 2.87. The third-order valence-electron chi connectivity index (χ3n) is 3.99. The Kier molecular flexibility index (Phi) is 6.51. The normalized spacial score (nSPS) is 17.3. The number of carbonyl (C=O) groups excluding carboxylic acids is 2. The van der Waals surface area contributed by atoms with Gasteiger partial charge < -0.3 is 9.80 Å². The quantitative estimate of drug-likeness (QED) is 0.802. The fraction of sp³-hybridized carbons (Fsp3) is 0.556. The van der Waals surface area contributed by atoms with E-state index in [1.165, 1.54) is 0 Å². The lowest BCUT2D eigenvalue weighted by atomic mass is 10.1. The Labute approximate surface area is 143 Å². The van der Waals surface area contributed by atoms with Gasteiger partial charge in [0.2, 0.25) is 5.91 Å². The molecule has 1 aromatic carbocycles. The van der Waals surface area contributed by atoms with Crippen LogP contribution in [-0.2, 0) is 4.79 Å². The molecule has 1 saturated heterocycles. The van der Waals surface area contributed by atoms with Crippen molar-refractivity contribution in [1.82, 2.24) is 9.80 Å². The molecule has 2 rings (SSSR count). The highest BCUT2D eigenvalue weighted by Gasteiger charge is 2.37. The van der Waals surface area contributed by atoms with Gasteiger partial charge in [-0.15, -0.1) is 11.8 Å². The van der Waals surface area contributed by atoms with Gasteiger partial charge in [0.05, 0.1) is 5.88 Å². The molecule has 2 amide bonds. The van der Waals surface area contributed by atoms with Gasteiger partial charge in [0.15, 0.2) is 0 Å². The molecular weight excluding hydrogens is 308 g/mol. The van der Waals surface area contributed by atoms with E-state index in [4.69, 9.17) is 0 Å². The Morgan fingerprint density at radius 2 is 1.96 bits per heavy atom. The van der Waals surface area contributed by atoms with Crippen LogP contribution < -0.4 is 0 Å². The van der Waals surface area contributed by atoms with Crippen LogP contribution in [0.4, 0.5) is 0 Å². The van der Waals surface area contributed by atoms with Gasteiger partial charge in [0.25, 0.3) is 5.91 Å². The number of hydrogen-bond acceptors (Lipinski definition) is 3. The Morgan fingerprint density at radius 1 is 1.26 bits per heavy atom. The molecule has 0 saturated carbocycles. The number of nitrogens with zero attached hydrogens (tertiary/aromatic N) is 2. The predicted octanol–water partition coefficient (Wildman–Crippen LogP) is 3.16. The molecule has 4 nitrogen and oxygen atoms in total. The largest absolute Gasteiger partial charge is 0.341 e. The number of aryl methyl sites for hydroxylation is 1. The molecule has 1 fully saturated rings. The molecule has 0 aliphatic carbocycles. The van der Waals surface area contributed by atoms with Crippen LogP contribution in [0.3, 0.4) is 0 Å². The van der Waals surface area contributed by atoms with Crippen LogP contribution in [0.1, 0.15) is 42.6 Å². The Bertz CT molecular complexity index is 556. The molecule has 0 N–H and O–H groups in total. The zero-order valence-corrected chi connectivity index (χ0v) is 15.1. The lowest BCUT2D eigenvalue weighted by Gasteiger charge is -2.29. The number of thioether (sulfide) groups is 1. The zero-order valence-electron chi connectivity index (χ0n) is 14.2. The van der Waals surface area contributed by atoms with Gasteiger partial charge in [-0.25, -0.2) is 0 Å². The van der Waals surface area contributed by atoms with Crippen molar-refractivity contribution in [1.29, 1.82) is 0 Å². The van der Waals surface area contributed by atoms with E-state index < -0.39 is 0 Å². The molecular formula is C18H26N2O2S. The second-order valence-corrected chi connectivity index (χ2v) is 6.99. The Balaban J connectivity index is 2.15. The summed E-state index contributed by atoms with van der Waals surface area (Å²) in [4.78, 5) is 29.3. The smallest absolute Gasteiger partial charge is 0.255 e. The van der Waals surface area contributed by atoms with E-state index in [1.807, 2.05) is 36.1 Å². The molecule has 1 aromatic rings. The van der Waals surface area contributed by atoms with Crippen LogP contribution in [0, 0.1) is 6.92 Å². The predicted molar refractivity (Wildman–Crippen MR) is 95.6 cm³/mol. The fourth-order valence-corrected chi connectivity index (χ4v) is 4.02. The third kappa shape index (κ3) is 4.28. The molecule has 5 heteroatoms. The Hall–Kier alpha value is -1.49. The zero-order chi connectivity index (χ0) is 16.8. The van der Waals surface area contributed by atoms with E-state index in [9.17, 15) is 9.59 Å². The van der Waals surface area contributed by atoms with Crippen LogP contribution in [0.2, 0.25) is 0 Å². The van der Waals surface area contributed by atoms with Crippen molar-refractivity contribution < 1.29 is 9.59 Å². The lowest BCUT2D eigenvalue weighted by molar-refractivity contribution is -0.135. The van der Waals surface area contributed by atoms with E-state index in [1.54, 1.807) is 16.7 Å². The molecule has 126 valence electrons. The summed E-state index contributed by atoms with van der Waals surface area (Å²) in [5.41, 5.74) is 1.73. The molecule has 0 bridgehead atoms. The molecule has 1 aliphatic heterocycles. The van der Waals surface area contributed by atoms with Gasteiger partial charge in [-0.2, -0.15) is 0 Å². The average molecular weight is 334 g/mol. The minimum atomic E-state index is -0.328. The molecule has 0 spiro atoms. The molecule has 23 heavy (non-hydrogen) atoms. The van der Waals surface area contributed by atoms with Gasteiger partial charge in [0, 0.05) is 24.4 Å². The van der Waals surface area contributed by atoms with Crippen molar-refractivity contribution >= 4 is 23.6 Å². The Morgan fingerprint density at radius 3 is 2.57 bits per heavy atom. The first-order valence-electron chi connectivity index (χ1n) is 8.32. The van der Waals surface area contributed by atoms with Crippen molar-refractivity contribution in [2.45, 2.75) is 39.7 Å². The first-order chi connectivity index (χ1) is 11.1. The number of amides is 2. The van der Waals surface area contributed by atoms with Crippen molar-refractivity contribution in [3.05, 3.63) is 35.4 Å². The summed E-state index contributed by atoms with van der Waals surface area (Å²) in [5, 5.41) is 0. The first kappa shape index (κ1) is 17.9. The maximum Gasteiger partial charge on any atom is 0.255 e. The van der Waals surface area contributed by atoms with Crippen LogP contribution in [0.5, 0.6) is 0 Å². The van der Waals surface area contributed by atoms with E-state index in [-0.39, 0.29) is 17.9 Å². The SMILES string of the molecule is CCCN(CCC)C(=O)C1CSCN1C(=O)c1cccc(C)c1. The van der Waals surface area contributed by atoms with Crippen LogP contribution in [0.15, 0.2) is 24.3 Å². The van der Waals surface area contributed by atoms with E-state index in [2.05, 4.69) is 13.8 Å². The third-order valence-corrected chi connectivity index (χ3v) is 5.00. The number of hydrogen-bond donors (Lipinski definition) is 0. The summed E-state index contributed by atoms with van der Waals surface area (Å²) in [6, 6.07) is 7.26. The van der Waals surface area contributed by atoms with Gasteiger partial charge >= 0.3 is 0 Å². The number of rotatable bonds is 6. The van der Waals surface area contributed by atoms with Gasteiger partial charge in [0.1, 0.15) is 6.04 Å². The molecule has 1 aliphatic rings. The van der Waals surface area contributed by atoms with Crippen LogP contribution >= 0.6 is 11.8 Å². The maximum absolute atomic E-state index is 12.9. The van der Waals surface area contributed by atoms with E-state index in [0.29, 0.717) is 17.2 Å². The van der Waals surface area contributed by atoms with Gasteiger partial charge in [-0.05, 0) is 31.9 Å². The lowest BCUT2D eigenvalue weighted by Crippen LogP contribution is -2.49. The van der Waals surface area contributed by atoms with Crippen molar-refractivity contribution in [3.63, 3.8) is 0 Å². The highest BCUT2D eigenvalue weighted by atomic mass is 32.2. The second-order valence-electron chi connectivity index (χ2n) is 5.99. The highest BCUT2D eigenvalue weighted by molar-refractivity contribution is 7.99. The standard InChI is InChI=1S/C18H26N2O2S/c1-4-9-19(10-5-2)18(22)16-12-23-13-20(16)17(21)15-8-6-7-14(3)11-15/h6-8,11,16H,4-5,9-10,12-13H2,1-3H3. The topological polar surface area (TPSA) is 40.6 Å². The second kappa shape index (κ2) is 8.39. The summed E-state index contributed by atoms with van der Waals surface area (Å²) in [6.45, 7) is 7.66. The van der Waals surface area contributed by atoms with Crippen LogP contribution in [-0.4, -0.2) is 52.4 Å². The summed E-state index contributed by atoms with van der Waals surface area (Å²) >= 11 is 1.66. The summed E-state index contributed by atoms with van der Waals surface area (Å²) in [5.74, 6) is 1.35. The van der Waals surface area contributed by atoms with Gasteiger partial charge in [-0.3, -0.25) is 9.59 Å². The van der Waals surface area contributed by atoms with Crippen LogP contribution in [0.25, 0.3) is 0 Å². The van der Waals surface area contributed by atoms with E-state index >= 15 is 0 Å². The summed E-state index contributed by atoms with van der Waals surface area (Å²) in [7, 11) is 0. The summed E-state index contributed by atoms with van der Waals surface area (Å²) < 4.78 is 0. The minimum absolute atomic E-state index is 0.0370. The molecule has 1 heterocycles.